The second-order valence-corrected chi connectivity index (χ2v) is 6.78. The molecule has 1 amide bonds. The molecule has 0 spiro atoms. The number of hydrogen-bond acceptors (Lipinski definition) is 4. The van der Waals surface area contributed by atoms with Gasteiger partial charge in [0.25, 0.3) is 5.91 Å². The lowest BCUT2D eigenvalue weighted by atomic mass is 10.1. The zero-order valence-corrected chi connectivity index (χ0v) is 14.5. The van der Waals surface area contributed by atoms with E-state index in [0.29, 0.717) is 23.6 Å². The smallest absolute Gasteiger partial charge is 0.257 e. The van der Waals surface area contributed by atoms with Crippen LogP contribution in [0.4, 0.5) is 0 Å². The van der Waals surface area contributed by atoms with E-state index in [1.165, 1.54) is 0 Å². The number of hydrogen-bond donors (Lipinski definition) is 0. The number of amides is 1. The average Bonchev–Trinajstić information content (AvgIpc) is 2.90. The van der Waals surface area contributed by atoms with Gasteiger partial charge < -0.3 is 14.4 Å². The van der Waals surface area contributed by atoms with Crippen LogP contribution in [0.15, 0.2) is 33.4 Å². The summed E-state index contributed by atoms with van der Waals surface area (Å²) in [6.45, 7) is 0.543. The highest BCUT2D eigenvalue weighted by atomic mass is 79.9. The van der Waals surface area contributed by atoms with Crippen LogP contribution in [0.3, 0.4) is 0 Å². The summed E-state index contributed by atoms with van der Waals surface area (Å²) in [5.74, 6) is 1.07. The first-order valence-corrected chi connectivity index (χ1v) is 7.92. The first kappa shape index (κ1) is 15.9. The van der Waals surface area contributed by atoms with Crippen molar-refractivity contribution in [3.05, 3.63) is 44.6 Å². The van der Waals surface area contributed by atoms with Crippen molar-refractivity contribution in [2.24, 2.45) is 0 Å². The minimum Gasteiger partial charge on any atom is -0.497 e. The normalized spacial score (nSPS) is 10.3. The molecule has 0 bridgehead atoms. The zero-order valence-electron chi connectivity index (χ0n) is 12.1. The Morgan fingerprint density at radius 2 is 2.05 bits per heavy atom. The van der Waals surface area contributed by atoms with Crippen LogP contribution in [-0.4, -0.2) is 32.1 Å². The maximum Gasteiger partial charge on any atom is 0.257 e. The largest absolute Gasteiger partial charge is 0.497 e. The molecule has 0 fully saturated rings. The highest BCUT2D eigenvalue weighted by Gasteiger charge is 2.18. The van der Waals surface area contributed by atoms with Crippen molar-refractivity contribution < 1.29 is 14.3 Å². The van der Waals surface area contributed by atoms with Crippen LogP contribution < -0.4 is 9.47 Å². The standard InChI is InChI=1S/C15H16BrNO3S/c1-17(8-10-6-14(16)21-9-10)15(18)12-7-11(19-2)4-5-13(12)20-3/h4-7,9H,8H2,1-3H3. The van der Waals surface area contributed by atoms with Crippen LogP contribution in [0, 0.1) is 0 Å². The summed E-state index contributed by atoms with van der Waals surface area (Å²) < 4.78 is 11.5. The van der Waals surface area contributed by atoms with Crippen LogP contribution in [-0.2, 0) is 6.54 Å². The van der Waals surface area contributed by atoms with Gasteiger partial charge in [0.15, 0.2) is 0 Å². The fraction of sp³-hybridized carbons (Fsp3) is 0.267. The summed E-state index contributed by atoms with van der Waals surface area (Å²) in [7, 11) is 4.89. The molecule has 4 nitrogen and oxygen atoms in total. The number of benzene rings is 1. The Morgan fingerprint density at radius 3 is 2.62 bits per heavy atom. The first-order chi connectivity index (χ1) is 10.0. The number of rotatable bonds is 5. The van der Waals surface area contributed by atoms with Gasteiger partial charge in [-0.15, -0.1) is 11.3 Å². The molecule has 0 aliphatic carbocycles. The van der Waals surface area contributed by atoms with Gasteiger partial charge in [-0.2, -0.15) is 0 Å². The molecule has 0 atom stereocenters. The van der Waals surface area contributed by atoms with Gasteiger partial charge in [0.05, 0.1) is 23.6 Å². The molecule has 0 saturated heterocycles. The van der Waals surface area contributed by atoms with Gasteiger partial charge in [0, 0.05) is 13.6 Å². The number of halogens is 1. The van der Waals surface area contributed by atoms with E-state index in [0.717, 1.165) is 9.35 Å². The molecule has 6 heteroatoms. The molecule has 0 unspecified atom stereocenters. The van der Waals surface area contributed by atoms with E-state index in [2.05, 4.69) is 15.9 Å². The summed E-state index contributed by atoms with van der Waals surface area (Å²) >= 11 is 5.03. The van der Waals surface area contributed by atoms with Crippen molar-refractivity contribution in [2.45, 2.75) is 6.54 Å². The predicted octanol–water partition coefficient (Wildman–Crippen LogP) is 3.80. The summed E-state index contributed by atoms with van der Waals surface area (Å²) in [5, 5.41) is 2.02. The lowest BCUT2D eigenvalue weighted by Crippen LogP contribution is -2.26. The Balaban J connectivity index is 2.21. The van der Waals surface area contributed by atoms with Gasteiger partial charge in [-0.1, -0.05) is 0 Å². The van der Waals surface area contributed by atoms with Crippen molar-refractivity contribution in [3.63, 3.8) is 0 Å². The number of carbonyl (C=O) groups is 1. The van der Waals surface area contributed by atoms with E-state index in [1.54, 1.807) is 55.7 Å². The predicted molar refractivity (Wildman–Crippen MR) is 87.4 cm³/mol. The lowest BCUT2D eigenvalue weighted by Gasteiger charge is -2.18. The van der Waals surface area contributed by atoms with E-state index < -0.39 is 0 Å². The molecule has 0 N–H and O–H groups in total. The quantitative estimate of drug-likeness (QED) is 0.804. The SMILES string of the molecule is COc1ccc(OC)c(C(=O)N(C)Cc2csc(Br)c2)c1. The molecule has 2 aromatic rings. The van der Waals surface area contributed by atoms with E-state index >= 15 is 0 Å². The van der Waals surface area contributed by atoms with Crippen molar-refractivity contribution >= 4 is 33.2 Å². The summed E-state index contributed by atoms with van der Waals surface area (Å²) in [5.41, 5.74) is 1.58. The van der Waals surface area contributed by atoms with Crippen molar-refractivity contribution in [2.75, 3.05) is 21.3 Å². The molecule has 0 aliphatic rings. The maximum absolute atomic E-state index is 12.6. The molecular formula is C15H16BrNO3S. The Labute approximate surface area is 136 Å². The Kier molecular flexibility index (Phi) is 5.25. The number of nitrogens with zero attached hydrogens (tertiary/aromatic N) is 1. The van der Waals surface area contributed by atoms with Gasteiger partial charge >= 0.3 is 0 Å². The third-order valence-electron chi connectivity index (χ3n) is 3.03. The number of methoxy groups -OCH3 is 2. The molecule has 2 rings (SSSR count). The molecule has 1 aromatic carbocycles. The number of carbonyl (C=O) groups excluding carboxylic acids is 1. The molecule has 0 saturated carbocycles. The maximum atomic E-state index is 12.6. The van der Waals surface area contributed by atoms with Gasteiger partial charge in [-0.25, -0.2) is 0 Å². The fourth-order valence-corrected chi connectivity index (χ4v) is 3.16. The highest BCUT2D eigenvalue weighted by molar-refractivity contribution is 9.11. The minimum absolute atomic E-state index is 0.104. The van der Waals surface area contributed by atoms with E-state index in [1.807, 2.05) is 11.4 Å². The number of thiophene rings is 1. The zero-order chi connectivity index (χ0) is 15.4. The summed E-state index contributed by atoms with van der Waals surface area (Å²) in [4.78, 5) is 14.2. The van der Waals surface area contributed by atoms with Crippen molar-refractivity contribution in [1.82, 2.24) is 4.90 Å². The first-order valence-electron chi connectivity index (χ1n) is 6.25. The second kappa shape index (κ2) is 6.95. The van der Waals surface area contributed by atoms with E-state index in [9.17, 15) is 4.79 Å². The monoisotopic (exact) mass is 369 g/mol. The molecule has 112 valence electrons. The van der Waals surface area contributed by atoms with Gasteiger partial charge in [0.1, 0.15) is 11.5 Å². The topological polar surface area (TPSA) is 38.8 Å². The number of ether oxygens (including phenoxy) is 2. The Bertz CT molecular complexity index is 642. The van der Waals surface area contributed by atoms with Gasteiger partial charge in [0.2, 0.25) is 0 Å². The summed E-state index contributed by atoms with van der Waals surface area (Å²) in [6.07, 6.45) is 0. The molecule has 1 heterocycles. The van der Waals surface area contributed by atoms with Crippen LogP contribution in [0.1, 0.15) is 15.9 Å². The summed E-state index contributed by atoms with van der Waals surface area (Å²) in [6, 6.07) is 7.21. The van der Waals surface area contributed by atoms with Crippen molar-refractivity contribution in [1.29, 1.82) is 0 Å². The second-order valence-electron chi connectivity index (χ2n) is 4.49. The van der Waals surface area contributed by atoms with Crippen molar-refractivity contribution in [3.8, 4) is 11.5 Å². The fourth-order valence-electron chi connectivity index (χ4n) is 1.96. The molecular weight excluding hydrogens is 354 g/mol. The Hall–Kier alpha value is -1.53. The van der Waals surface area contributed by atoms with Gasteiger partial charge in [-0.3, -0.25) is 4.79 Å². The van der Waals surface area contributed by atoms with E-state index in [-0.39, 0.29) is 5.91 Å². The average molecular weight is 370 g/mol. The van der Waals surface area contributed by atoms with Crippen LogP contribution in [0.5, 0.6) is 11.5 Å². The molecule has 21 heavy (non-hydrogen) atoms. The van der Waals surface area contributed by atoms with Crippen LogP contribution in [0.25, 0.3) is 0 Å². The lowest BCUT2D eigenvalue weighted by molar-refractivity contribution is 0.0781. The minimum atomic E-state index is -0.104. The third-order valence-corrected chi connectivity index (χ3v) is 4.58. The van der Waals surface area contributed by atoms with Crippen LogP contribution >= 0.6 is 27.3 Å². The third kappa shape index (κ3) is 3.77. The highest BCUT2D eigenvalue weighted by Crippen LogP contribution is 2.26. The molecule has 0 radical (unpaired) electrons. The molecule has 1 aromatic heterocycles. The van der Waals surface area contributed by atoms with Crippen LogP contribution in [0.2, 0.25) is 0 Å². The molecule has 0 aliphatic heterocycles. The van der Waals surface area contributed by atoms with Gasteiger partial charge in [-0.05, 0) is 51.1 Å². The Morgan fingerprint density at radius 1 is 1.29 bits per heavy atom. The van der Waals surface area contributed by atoms with E-state index in [4.69, 9.17) is 9.47 Å².